The monoisotopic (exact) mass is 563 g/mol. The van der Waals surface area contributed by atoms with Gasteiger partial charge in [-0.2, -0.15) is 0 Å². The first-order chi connectivity index (χ1) is 19.2. The molecule has 2 aromatic heterocycles. The zero-order chi connectivity index (χ0) is 28.2. The van der Waals surface area contributed by atoms with E-state index in [1.165, 1.54) is 30.8 Å². The first kappa shape index (κ1) is 26.8. The summed E-state index contributed by atoms with van der Waals surface area (Å²) in [7, 11) is 3.54. The topological polar surface area (TPSA) is 128 Å². The van der Waals surface area contributed by atoms with Crippen molar-refractivity contribution in [2.24, 2.45) is 17.6 Å². The van der Waals surface area contributed by atoms with Gasteiger partial charge in [0, 0.05) is 23.9 Å². The predicted molar refractivity (Wildman–Crippen MR) is 152 cm³/mol. The molecule has 0 aliphatic carbocycles. The number of rotatable bonds is 5. The summed E-state index contributed by atoms with van der Waals surface area (Å²) in [4.78, 5) is 50.4. The van der Waals surface area contributed by atoms with Crippen LogP contribution in [0.2, 0.25) is 0 Å². The minimum atomic E-state index is -0.736. The summed E-state index contributed by atoms with van der Waals surface area (Å²) in [6.07, 6.45) is 4.72. The van der Waals surface area contributed by atoms with E-state index in [0.29, 0.717) is 30.8 Å². The van der Waals surface area contributed by atoms with Crippen LogP contribution in [0, 0.1) is 11.8 Å². The van der Waals surface area contributed by atoms with Gasteiger partial charge in [-0.3, -0.25) is 9.59 Å². The number of primary amides is 1. The largest absolute Gasteiger partial charge is 0.480 e. The fourth-order valence-corrected chi connectivity index (χ4v) is 8.30. The molecule has 6 rings (SSSR count). The number of amides is 3. The molecule has 40 heavy (non-hydrogen) atoms. The number of hydrogen-bond acceptors (Lipinski definition) is 8. The molecule has 2 unspecified atom stereocenters. The summed E-state index contributed by atoms with van der Waals surface area (Å²) < 4.78 is 6.33. The van der Waals surface area contributed by atoms with Gasteiger partial charge in [0.15, 0.2) is 0 Å². The van der Waals surface area contributed by atoms with Gasteiger partial charge >= 0.3 is 11.8 Å². The molecule has 3 aromatic rings. The highest BCUT2D eigenvalue weighted by Gasteiger charge is 2.64. The van der Waals surface area contributed by atoms with Crippen LogP contribution in [0.3, 0.4) is 0 Å². The third-order valence-corrected chi connectivity index (χ3v) is 9.99. The third kappa shape index (κ3) is 4.55. The third-order valence-electron chi connectivity index (χ3n) is 8.79. The highest BCUT2D eigenvalue weighted by molar-refractivity contribution is 7.18. The van der Waals surface area contributed by atoms with E-state index in [4.69, 9.17) is 15.5 Å². The Morgan fingerprint density at radius 3 is 2.80 bits per heavy atom. The van der Waals surface area contributed by atoms with Gasteiger partial charge in [0.25, 0.3) is 5.91 Å². The molecule has 0 saturated carbocycles. The fourth-order valence-electron chi connectivity index (χ4n) is 7.22. The number of hydrogen-bond donors (Lipinski definition) is 2. The number of ether oxygens (including phenoxy) is 1. The Morgan fingerprint density at radius 1 is 1.23 bits per heavy atom. The lowest BCUT2D eigenvalue weighted by Gasteiger charge is -2.59. The molecular formula is C29H35N6O4S+. The van der Waals surface area contributed by atoms with E-state index in [-0.39, 0.29) is 27.7 Å². The molecule has 0 spiro atoms. The maximum Gasteiger partial charge on any atom is 0.404 e. The predicted octanol–water partition coefficient (Wildman–Crippen LogP) is 3.30. The van der Waals surface area contributed by atoms with Crippen molar-refractivity contribution in [3.05, 3.63) is 46.6 Å². The SMILES string of the molecule is COc1ncc(NC(=O)C(=O)[N+]23CC(C[C@H](C)C2)[C@@H]3c2ccc3sc([C@H]4CCCN(C)C4)nc3c2)cc1C(N)=O. The van der Waals surface area contributed by atoms with Gasteiger partial charge in [-0.1, -0.05) is 13.0 Å². The lowest BCUT2D eigenvalue weighted by atomic mass is 9.69. The van der Waals surface area contributed by atoms with Crippen LogP contribution in [0.1, 0.15) is 59.1 Å². The first-order valence-electron chi connectivity index (χ1n) is 13.8. The number of pyridine rings is 1. The number of nitrogens with one attached hydrogen (secondary N) is 1. The molecule has 3 fully saturated rings. The van der Waals surface area contributed by atoms with Gasteiger partial charge in [0.2, 0.25) is 5.88 Å². The van der Waals surface area contributed by atoms with Crippen molar-refractivity contribution in [1.82, 2.24) is 14.9 Å². The molecular weight excluding hydrogens is 528 g/mol. The second-order valence-corrected chi connectivity index (χ2v) is 12.8. The summed E-state index contributed by atoms with van der Waals surface area (Å²) in [6.45, 7) is 5.56. The van der Waals surface area contributed by atoms with Crippen molar-refractivity contribution in [3.8, 4) is 5.88 Å². The van der Waals surface area contributed by atoms with Crippen molar-refractivity contribution in [3.63, 3.8) is 0 Å². The molecule has 3 aliphatic rings. The Hall–Kier alpha value is -3.41. The minimum Gasteiger partial charge on any atom is -0.480 e. The molecule has 2 bridgehead atoms. The summed E-state index contributed by atoms with van der Waals surface area (Å²) in [5.74, 6) is -0.767. The molecule has 3 N–H and O–H groups in total. The molecule has 5 atom stereocenters. The van der Waals surface area contributed by atoms with Crippen molar-refractivity contribution in [2.75, 3.05) is 45.7 Å². The molecule has 3 saturated heterocycles. The zero-order valence-corrected chi connectivity index (χ0v) is 23.9. The van der Waals surface area contributed by atoms with E-state index in [2.05, 4.69) is 47.4 Å². The van der Waals surface area contributed by atoms with Crippen LogP contribution in [0.4, 0.5) is 5.69 Å². The van der Waals surface area contributed by atoms with E-state index < -0.39 is 17.7 Å². The number of piperidine rings is 3. The van der Waals surface area contributed by atoms with Crippen molar-refractivity contribution < 1.29 is 23.6 Å². The summed E-state index contributed by atoms with van der Waals surface area (Å²) in [5.41, 5.74) is 7.72. The number of methoxy groups -OCH3 is 1. The number of nitrogens with zero attached hydrogens (tertiary/aromatic N) is 4. The van der Waals surface area contributed by atoms with Gasteiger partial charge in [-0.15, -0.1) is 11.3 Å². The molecule has 1 aromatic carbocycles. The Balaban J connectivity index is 1.27. The number of likely N-dealkylation sites (tertiary alicyclic amines) is 1. The Kier molecular flexibility index (Phi) is 6.84. The number of fused-ring (bicyclic) bond motifs is 3. The summed E-state index contributed by atoms with van der Waals surface area (Å²) in [5, 5.41) is 3.83. The first-order valence-corrected chi connectivity index (χ1v) is 14.7. The average Bonchev–Trinajstić information content (AvgIpc) is 3.35. The maximum atomic E-state index is 13.8. The quantitative estimate of drug-likeness (QED) is 0.360. The molecule has 10 nitrogen and oxygen atoms in total. The van der Waals surface area contributed by atoms with Crippen LogP contribution >= 0.6 is 11.3 Å². The Morgan fingerprint density at radius 2 is 2.05 bits per heavy atom. The molecule has 3 amide bonds. The maximum absolute atomic E-state index is 13.8. The lowest BCUT2D eigenvalue weighted by molar-refractivity contribution is -0.949. The zero-order valence-electron chi connectivity index (χ0n) is 23.1. The number of anilines is 1. The van der Waals surface area contributed by atoms with Gasteiger partial charge in [0.1, 0.15) is 11.6 Å². The van der Waals surface area contributed by atoms with E-state index >= 15 is 0 Å². The second kappa shape index (κ2) is 10.2. The molecule has 11 heteroatoms. The Labute approximate surface area is 237 Å². The van der Waals surface area contributed by atoms with Crippen molar-refractivity contribution in [2.45, 2.75) is 38.1 Å². The Bertz CT molecular complexity index is 1510. The van der Waals surface area contributed by atoms with Crippen LogP contribution in [0.25, 0.3) is 10.2 Å². The van der Waals surface area contributed by atoms with Crippen molar-refractivity contribution >= 4 is 45.0 Å². The number of benzene rings is 1. The number of nitrogens with two attached hydrogens (primary N) is 1. The number of thiazole rings is 1. The van der Waals surface area contributed by atoms with Crippen LogP contribution in [-0.4, -0.2) is 77.4 Å². The van der Waals surface area contributed by atoms with E-state index in [1.54, 1.807) is 11.3 Å². The van der Waals surface area contributed by atoms with E-state index in [0.717, 1.165) is 41.7 Å². The number of quaternary nitrogens is 1. The number of carbonyl (C=O) groups excluding carboxylic acids is 3. The molecule has 0 radical (unpaired) electrons. The second-order valence-electron chi connectivity index (χ2n) is 11.7. The number of aromatic nitrogens is 2. The average molecular weight is 564 g/mol. The normalized spacial score (nSPS) is 28.1. The van der Waals surface area contributed by atoms with Gasteiger partial charge in [-0.25, -0.2) is 19.2 Å². The van der Waals surface area contributed by atoms with Crippen LogP contribution in [0.15, 0.2) is 30.5 Å². The highest BCUT2D eigenvalue weighted by atomic mass is 32.1. The molecule has 210 valence electrons. The van der Waals surface area contributed by atoms with Gasteiger partial charge in [-0.05, 0) is 51.1 Å². The van der Waals surface area contributed by atoms with Crippen LogP contribution in [0.5, 0.6) is 5.88 Å². The van der Waals surface area contributed by atoms with Crippen molar-refractivity contribution in [1.29, 1.82) is 0 Å². The van der Waals surface area contributed by atoms with E-state index in [1.807, 2.05) is 0 Å². The standard InChI is InChI=1S/C29H34N6O4S/c1-16-9-19-15-35(14-16,29(38)26(37)32-20-11-21(25(30)36)27(39-3)31-12-20)24(19)17-6-7-23-22(10-17)33-28(40-23)18-5-4-8-34(2)13-18/h6-7,10-12,16,18-19,24H,4-5,8-9,13-15H2,1-3H3,(H2-,30,32,36,37)/p+1/t16-,18-,19?,24-,35?/m0/s1. The van der Waals surface area contributed by atoms with Gasteiger partial charge in [0.05, 0.1) is 53.2 Å². The van der Waals surface area contributed by atoms with Crippen LogP contribution in [-0.2, 0) is 9.59 Å². The van der Waals surface area contributed by atoms with Gasteiger partial charge < -0.3 is 20.7 Å². The van der Waals surface area contributed by atoms with E-state index in [9.17, 15) is 14.4 Å². The fraction of sp³-hybridized carbons (Fsp3) is 0.483. The summed E-state index contributed by atoms with van der Waals surface area (Å²) in [6, 6.07) is 7.69. The highest BCUT2D eigenvalue weighted by Crippen LogP contribution is 2.54. The molecule has 5 heterocycles. The summed E-state index contributed by atoms with van der Waals surface area (Å²) >= 11 is 1.77. The molecule has 3 aliphatic heterocycles. The number of carbonyl (C=O) groups is 3. The number of likely N-dealkylation sites (N-methyl/N-ethyl adjacent to an activating group) is 1. The lowest BCUT2D eigenvalue weighted by Crippen LogP contribution is -2.74. The minimum absolute atomic E-state index is 0.0316. The van der Waals surface area contributed by atoms with Crippen LogP contribution < -0.4 is 15.8 Å². The smallest absolute Gasteiger partial charge is 0.404 e.